The molecule has 2 amide bonds. The molecule has 2 saturated heterocycles. The van der Waals surface area contributed by atoms with Crippen LogP contribution >= 0.6 is 15.9 Å². The van der Waals surface area contributed by atoms with Crippen molar-refractivity contribution in [3.05, 3.63) is 64.3 Å². The van der Waals surface area contributed by atoms with E-state index in [1.54, 1.807) is 7.11 Å². The number of methoxy groups -OCH3 is 1. The molecule has 1 N–H and O–H groups in total. The van der Waals surface area contributed by atoms with Gasteiger partial charge in [-0.3, -0.25) is 19.4 Å². The summed E-state index contributed by atoms with van der Waals surface area (Å²) < 4.78 is 6.20. The van der Waals surface area contributed by atoms with Crippen molar-refractivity contribution < 1.29 is 14.3 Å². The Morgan fingerprint density at radius 1 is 0.921 bits per heavy atom. The first-order valence-electron chi connectivity index (χ1n) is 13.4. The third-order valence-electron chi connectivity index (χ3n) is 7.74. The molecule has 2 aromatic carbocycles. The van der Waals surface area contributed by atoms with Crippen molar-refractivity contribution in [3.63, 3.8) is 0 Å². The molecule has 0 spiro atoms. The van der Waals surface area contributed by atoms with Crippen LogP contribution < -0.4 is 4.74 Å². The maximum atomic E-state index is 13.0. The number of ether oxygens (including phenoxy) is 1. The molecule has 0 saturated carbocycles. The first-order valence-corrected chi connectivity index (χ1v) is 14.2. The van der Waals surface area contributed by atoms with Crippen molar-refractivity contribution >= 4 is 38.6 Å². The average molecular weight is 583 g/mol. The lowest BCUT2D eigenvalue weighted by molar-refractivity contribution is -0.134. The van der Waals surface area contributed by atoms with Crippen molar-refractivity contribution in [3.8, 4) is 5.75 Å². The molecule has 5 rings (SSSR count). The standard InChI is InChI=1S/C29H36BrN5O3/c1-38-23-8-9-27-25(19-23)22(20-31-27)5-4-10-32-11-15-34(16-12-32)28(36)21-33-13-17-35(18-14-33)29(37)24-6-2-3-7-26(24)30/h2-3,6-9,19-20,31H,4-5,10-18,21H2,1H3. The van der Waals surface area contributed by atoms with E-state index in [4.69, 9.17) is 4.74 Å². The highest BCUT2D eigenvalue weighted by Gasteiger charge is 2.27. The number of nitrogens with zero attached hydrogens (tertiary/aromatic N) is 4. The number of benzene rings is 2. The van der Waals surface area contributed by atoms with Crippen LogP contribution in [0.5, 0.6) is 5.75 Å². The number of halogens is 1. The predicted octanol–water partition coefficient (Wildman–Crippen LogP) is 3.47. The van der Waals surface area contributed by atoms with E-state index in [-0.39, 0.29) is 11.8 Å². The van der Waals surface area contributed by atoms with Crippen LogP contribution in [-0.4, -0.2) is 109 Å². The summed E-state index contributed by atoms with van der Waals surface area (Å²) in [5.74, 6) is 1.13. The van der Waals surface area contributed by atoms with Crippen LogP contribution in [0.15, 0.2) is 53.1 Å². The smallest absolute Gasteiger partial charge is 0.255 e. The maximum Gasteiger partial charge on any atom is 0.255 e. The normalized spacial score (nSPS) is 17.2. The number of aryl methyl sites for hydroxylation is 1. The number of piperazine rings is 2. The van der Waals surface area contributed by atoms with Crippen LogP contribution in [0, 0.1) is 0 Å². The number of H-pyrrole nitrogens is 1. The van der Waals surface area contributed by atoms with E-state index >= 15 is 0 Å². The van der Waals surface area contributed by atoms with Crippen molar-refractivity contribution in [1.82, 2.24) is 24.6 Å². The van der Waals surface area contributed by atoms with E-state index in [0.717, 1.165) is 74.4 Å². The summed E-state index contributed by atoms with van der Waals surface area (Å²) in [7, 11) is 1.70. The molecule has 2 fully saturated rings. The summed E-state index contributed by atoms with van der Waals surface area (Å²) in [6.45, 7) is 7.60. The Morgan fingerprint density at radius 2 is 1.63 bits per heavy atom. The van der Waals surface area contributed by atoms with E-state index in [2.05, 4.69) is 49.0 Å². The number of hydrogen-bond acceptors (Lipinski definition) is 5. The summed E-state index contributed by atoms with van der Waals surface area (Å²) in [4.78, 5) is 37.7. The fourth-order valence-corrected chi connectivity index (χ4v) is 5.87. The third-order valence-corrected chi connectivity index (χ3v) is 8.43. The van der Waals surface area contributed by atoms with E-state index in [0.29, 0.717) is 25.2 Å². The number of carbonyl (C=O) groups excluding carboxylic acids is 2. The maximum absolute atomic E-state index is 13.0. The quantitative estimate of drug-likeness (QED) is 0.441. The number of aromatic nitrogens is 1. The van der Waals surface area contributed by atoms with Gasteiger partial charge in [-0.25, -0.2) is 0 Å². The Bertz CT molecular complexity index is 1260. The van der Waals surface area contributed by atoms with Gasteiger partial charge in [-0.2, -0.15) is 0 Å². The molecule has 0 unspecified atom stereocenters. The predicted molar refractivity (Wildman–Crippen MR) is 153 cm³/mol. The van der Waals surface area contributed by atoms with Crippen LogP contribution in [0.25, 0.3) is 10.9 Å². The van der Waals surface area contributed by atoms with E-state index in [1.807, 2.05) is 40.1 Å². The molecular formula is C29H36BrN5O3. The Balaban J connectivity index is 1.01. The van der Waals surface area contributed by atoms with Crippen LogP contribution in [0.2, 0.25) is 0 Å². The molecule has 0 bridgehead atoms. The Kier molecular flexibility index (Phi) is 8.66. The number of carbonyl (C=O) groups is 2. The third kappa shape index (κ3) is 6.22. The number of amides is 2. The molecule has 0 atom stereocenters. The molecule has 8 nitrogen and oxygen atoms in total. The second-order valence-electron chi connectivity index (χ2n) is 10.1. The first kappa shape index (κ1) is 26.7. The van der Waals surface area contributed by atoms with Gasteiger partial charge in [0.05, 0.1) is 19.2 Å². The molecule has 2 aliphatic heterocycles. The minimum absolute atomic E-state index is 0.0454. The second kappa shape index (κ2) is 12.3. The molecule has 9 heteroatoms. The van der Waals surface area contributed by atoms with E-state index in [1.165, 1.54) is 10.9 Å². The van der Waals surface area contributed by atoms with Crippen LogP contribution in [0.3, 0.4) is 0 Å². The highest BCUT2D eigenvalue weighted by atomic mass is 79.9. The van der Waals surface area contributed by atoms with Gasteiger partial charge in [0, 0.05) is 73.9 Å². The summed E-state index contributed by atoms with van der Waals surface area (Å²) >= 11 is 3.48. The van der Waals surface area contributed by atoms with Crippen molar-refractivity contribution in [2.24, 2.45) is 0 Å². The molecular weight excluding hydrogens is 546 g/mol. The van der Waals surface area contributed by atoms with Gasteiger partial charge in [0.25, 0.3) is 5.91 Å². The topological polar surface area (TPSA) is 72.1 Å². The van der Waals surface area contributed by atoms with E-state index < -0.39 is 0 Å². The molecule has 1 aromatic heterocycles. The van der Waals surface area contributed by atoms with Gasteiger partial charge in [-0.15, -0.1) is 0 Å². The zero-order chi connectivity index (χ0) is 26.5. The Labute approximate surface area is 232 Å². The summed E-state index contributed by atoms with van der Waals surface area (Å²) in [6, 6.07) is 13.7. The average Bonchev–Trinajstić information content (AvgIpc) is 3.35. The number of rotatable bonds is 8. The largest absolute Gasteiger partial charge is 0.497 e. The molecule has 202 valence electrons. The van der Waals surface area contributed by atoms with Crippen LogP contribution in [0.1, 0.15) is 22.3 Å². The number of fused-ring (bicyclic) bond motifs is 1. The molecule has 0 aliphatic carbocycles. The summed E-state index contributed by atoms with van der Waals surface area (Å²) in [6.07, 6.45) is 4.21. The van der Waals surface area contributed by atoms with E-state index in [9.17, 15) is 9.59 Å². The number of nitrogens with one attached hydrogen (secondary N) is 1. The summed E-state index contributed by atoms with van der Waals surface area (Å²) in [5.41, 5.74) is 3.16. The fourth-order valence-electron chi connectivity index (χ4n) is 5.41. The van der Waals surface area contributed by atoms with Gasteiger partial charge < -0.3 is 19.5 Å². The Hall–Kier alpha value is -2.88. The van der Waals surface area contributed by atoms with Crippen molar-refractivity contribution in [2.45, 2.75) is 12.8 Å². The van der Waals surface area contributed by atoms with Crippen molar-refractivity contribution in [1.29, 1.82) is 0 Å². The molecule has 3 heterocycles. The van der Waals surface area contributed by atoms with Crippen molar-refractivity contribution in [2.75, 3.05) is 72.6 Å². The monoisotopic (exact) mass is 581 g/mol. The fraction of sp³-hybridized carbons (Fsp3) is 0.448. The van der Waals surface area contributed by atoms with Gasteiger partial charge in [0.15, 0.2) is 0 Å². The highest BCUT2D eigenvalue weighted by molar-refractivity contribution is 9.10. The van der Waals surface area contributed by atoms with Crippen LogP contribution in [0.4, 0.5) is 0 Å². The lowest BCUT2D eigenvalue weighted by atomic mass is 10.1. The first-order chi connectivity index (χ1) is 18.5. The van der Waals surface area contributed by atoms with Gasteiger partial charge in [-0.05, 0) is 71.2 Å². The minimum atomic E-state index is 0.0454. The second-order valence-corrected chi connectivity index (χ2v) is 11.0. The van der Waals surface area contributed by atoms with Gasteiger partial charge in [0.2, 0.25) is 5.91 Å². The van der Waals surface area contributed by atoms with Gasteiger partial charge >= 0.3 is 0 Å². The van der Waals surface area contributed by atoms with Crippen LogP contribution in [-0.2, 0) is 11.2 Å². The van der Waals surface area contributed by atoms with Gasteiger partial charge in [0.1, 0.15) is 5.75 Å². The Morgan fingerprint density at radius 3 is 2.37 bits per heavy atom. The highest BCUT2D eigenvalue weighted by Crippen LogP contribution is 2.24. The minimum Gasteiger partial charge on any atom is -0.497 e. The SMILES string of the molecule is COc1ccc2[nH]cc(CCCN3CCN(C(=O)CN4CCN(C(=O)c5ccccc5Br)CC4)CC3)c2c1. The number of aromatic amines is 1. The lowest BCUT2D eigenvalue weighted by Gasteiger charge is -2.38. The molecule has 38 heavy (non-hydrogen) atoms. The number of hydrogen-bond donors (Lipinski definition) is 1. The molecule has 0 radical (unpaired) electrons. The molecule has 2 aliphatic rings. The summed E-state index contributed by atoms with van der Waals surface area (Å²) in [5, 5.41) is 1.23. The zero-order valence-electron chi connectivity index (χ0n) is 22.0. The zero-order valence-corrected chi connectivity index (χ0v) is 23.6. The lowest BCUT2D eigenvalue weighted by Crippen LogP contribution is -2.54. The molecule has 3 aromatic rings. The van der Waals surface area contributed by atoms with Gasteiger partial charge in [-0.1, -0.05) is 12.1 Å².